The number of imide groups is 1. The van der Waals surface area contributed by atoms with Crippen molar-refractivity contribution in [3.8, 4) is 5.75 Å². The number of carboxylic acids is 1. The highest BCUT2D eigenvalue weighted by Gasteiger charge is 2.60. The van der Waals surface area contributed by atoms with Crippen LogP contribution in [0.25, 0.3) is 10.9 Å². The largest absolute Gasteiger partial charge is 0.497 e. The number of H-pyrrole nitrogens is 1. The second kappa shape index (κ2) is 8.34. The monoisotopic (exact) mass is 470 g/mol. The van der Waals surface area contributed by atoms with E-state index >= 15 is 0 Å². The zero-order valence-electron chi connectivity index (χ0n) is 20.0. The van der Waals surface area contributed by atoms with E-state index in [0.717, 1.165) is 21.4 Å². The Labute approximate surface area is 197 Å². The lowest BCUT2D eigenvalue weighted by Gasteiger charge is -2.36. The number of nitrogens with one attached hydrogen (secondary N) is 2. The van der Waals surface area contributed by atoms with Gasteiger partial charge < -0.3 is 25.0 Å². The van der Waals surface area contributed by atoms with E-state index in [1.807, 2.05) is 32.0 Å². The first-order chi connectivity index (χ1) is 16.0. The molecular weight excluding hydrogens is 440 g/mol. The molecule has 0 spiro atoms. The molecule has 3 N–H and O–H groups in total. The number of carbonyl (C=O) groups is 4. The Balaban J connectivity index is 1.66. The topological polar surface area (TPSA) is 132 Å². The van der Waals surface area contributed by atoms with E-state index in [2.05, 4.69) is 10.3 Å². The lowest BCUT2D eigenvalue weighted by atomic mass is 9.87. The number of fused-ring (bicyclic) bond motifs is 5. The fourth-order valence-corrected chi connectivity index (χ4v) is 5.02. The molecule has 182 valence electrons. The van der Waals surface area contributed by atoms with Gasteiger partial charge in [-0.15, -0.1) is 0 Å². The van der Waals surface area contributed by atoms with Crippen LogP contribution < -0.4 is 10.1 Å². The van der Waals surface area contributed by atoms with Gasteiger partial charge in [0.1, 0.15) is 17.8 Å². The van der Waals surface area contributed by atoms with Crippen LogP contribution in [-0.2, 0) is 26.3 Å². The van der Waals surface area contributed by atoms with Gasteiger partial charge >= 0.3 is 12.0 Å². The standard InChI is InChI=1S/C24H30N4O6/c1-12(2)10-18(21(30)31)26-20(29)13(3)28-22(32)24(4)19-15(8-9-27(24)23(28)33)16-11-14(34-5)6-7-17(16)25-19/h6-7,11-13,18,25H,8-10H2,1-5H3,(H,26,29)(H,30,31). The molecule has 2 aromatic rings. The van der Waals surface area contributed by atoms with Gasteiger partial charge in [-0.2, -0.15) is 0 Å². The Bertz CT molecular complexity index is 1190. The van der Waals surface area contributed by atoms with Gasteiger partial charge in [0.25, 0.3) is 5.91 Å². The number of benzene rings is 1. The molecule has 1 aromatic heterocycles. The third-order valence-corrected chi connectivity index (χ3v) is 6.89. The minimum atomic E-state index is -1.30. The summed E-state index contributed by atoms with van der Waals surface area (Å²) < 4.78 is 5.34. The highest BCUT2D eigenvalue weighted by Crippen LogP contribution is 2.45. The van der Waals surface area contributed by atoms with Crippen molar-refractivity contribution in [1.29, 1.82) is 0 Å². The minimum Gasteiger partial charge on any atom is -0.497 e. The summed E-state index contributed by atoms with van der Waals surface area (Å²) in [5.74, 6) is -1.62. The molecule has 1 aromatic carbocycles. The van der Waals surface area contributed by atoms with E-state index in [1.54, 1.807) is 14.0 Å². The predicted octanol–water partition coefficient (Wildman–Crippen LogP) is 2.22. The first-order valence-electron chi connectivity index (χ1n) is 11.4. The van der Waals surface area contributed by atoms with Crippen LogP contribution in [-0.4, -0.2) is 69.4 Å². The third kappa shape index (κ3) is 3.48. The average molecular weight is 471 g/mol. The van der Waals surface area contributed by atoms with Gasteiger partial charge in [0, 0.05) is 17.4 Å². The number of rotatable bonds is 7. The highest BCUT2D eigenvalue weighted by atomic mass is 16.5. The van der Waals surface area contributed by atoms with Crippen molar-refractivity contribution < 1.29 is 29.0 Å². The van der Waals surface area contributed by atoms with Crippen LogP contribution in [0, 0.1) is 5.92 Å². The molecule has 10 nitrogen and oxygen atoms in total. The molecule has 3 unspecified atom stereocenters. The second-order valence-electron chi connectivity index (χ2n) is 9.53. The van der Waals surface area contributed by atoms with Crippen LogP contribution in [0.3, 0.4) is 0 Å². The van der Waals surface area contributed by atoms with Crippen molar-refractivity contribution in [2.24, 2.45) is 5.92 Å². The van der Waals surface area contributed by atoms with E-state index in [4.69, 9.17) is 4.74 Å². The quantitative estimate of drug-likeness (QED) is 0.532. The maximum absolute atomic E-state index is 13.7. The smallest absolute Gasteiger partial charge is 0.328 e. The summed E-state index contributed by atoms with van der Waals surface area (Å²) in [4.78, 5) is 57.3. The summed E-state index contributed by atoms with van der Waals surface area (Å²) >= 11 is 0. The van der Waals surface area contributed by atoms with Crippen molar-refractivity contribution in [3.05, 3.63) is 29.5 Å². The second-order valence-corrected chi connectivity index (χ2v) is 9.53. The molecule has 1 fully saturated rings. The Morgan fingerprint density at radius 1 is 1.26 bits per heavy atom. The first-order valence-corrected chi connectivity index (χ1v) is 11.4. The first kappa shape index (κ1) is 23.6. The molecule has 0 saturated carbocycles. The van der Waals surface area contributed by atoms with Crippen LogP contribution in [0.15, 0.2) is 18.2 Å². The van der Waals surface area contributed by atoms with Gasteiger partial charge in [-0.1, -0.05) is 13.8 Å². The van der Waals surface area contributed by atoms with Crippen LogP contribution >= 0.6 is 0 Å². The number of hydrogen-bond acceptors (Lipinski definition) is 5. The van der Waals surface area contributed by atoms with Crippen molar-refractivity contribution in [2.45, 2.75) is 58.2 Å². The molecular formula is C24H30N4O6. The van der Waals surface area contributed by atoms with Crippen molar-refractivity contribution in [3.63, 3.8) is 0 Å². The number of carboxylic acid groups (broad SMARTS) is 1. The molecule has 2 aliphatic heterocycles. The molecule has 0 aliphatic carbocycles. The Hall–Kier alpha value is -3.56. The zero-order chi connectivity index (χ0) is 24.9. The maximum atomic E-state index is 13.7. The number of aliphatic carboxylic acids is 1. The lowest BCUT2D eigenvalue weighted by Crippen LogP contribution is -2.53. The van der Waals surface area contributed by atoms with Gasteiger partial charge in [0.15, 0.2) is 5.54 Å². The molecule has 4 rings (SSSR count). The number of methoxy groups -OCH3 is 1. The van der Waals surface area contributed by atoms with Crippen molar-refractivity contribution in [1.82, 2.24) is 20.1 Å². The normalized spacial score (nSPS) is 21.5. The van der Waals surface area contributed by atoms with E-state index in [0.29, 0.717) is 24.4 Å². The van der Waals surface area contributed by atoms with Gasteiger partial charge in [-0.25, -0.2) is 14.5 Å². The van der Waals surface area contributed by atoms with Gasteiger partial charge in [0.2, 0.25) is 5.91 Å². The summed E-state index contributed by atoms with van der Waals surface area (Å²) in [7, 11) is 1.59. The SMILES string of the molecule is COc1ccc2[nH]c3c(c2c1)CCN1C(=O)N(C(C)C(=O)NC(CC(C)C)C(=O)O)C(=O)C31C. The number of ether oxygens (including phenoxy) is 1. The van der Waals surface area contributed by atoms with E-state index < -0.39 is 41.4 Å². The number of nitrogens with zero attached hydrogens (tertiary/aromatic N) is 2. The molecule has 10 heteroatoms. The predicted molar refractivity (Wildman–Crippen MR) is 123 cm³/mol. The van der Waals surface area contributed by atoms with E-state index in [1.165, 1.54) is 11.8 Å². The van der Waals surface area contributed by atoms with E-state index in [-0.39, 0.29) is 12.3 Å². The number of hydrogen-bond donors (Lipinski definition) is 3. The summed E-state index contributed by atoms with van der Waals surface area (Å²) in [6.07, 6.45) is 0.780. The summed E-state index contributed by atoms with van der Waals surface area (Å²) in [5, 5.41) is 12.9. The van der Waals surface area contributed by atoms with E-state index in [9.17, 15) is 24.3 Å². The molecule has 0 bridgehead atoms. The molecule has 3 atom stereocenters. The zero-order valence-corrected chi connectivity index (χ0v) is 20.0. The summed E-state index contributed by atoms with van der Waals surface area (Å²) in [5.41, 5.74) is 1.10. The van der Waals surface area contributed by atoms with Crippen LogP contribution in [0.2, 0.25) is 0 Å². The molecule has 1 saturated heterocycles. The number of carbonyl (C=O) groups excluding carboxylic acids is 3. The fourth-order valence-electron chi connectivity index (χ4n) is 5.02. The van der Waals surface area contributed by atoms with Crippen LogP contribution in [0.4, 0.5) is 4.79 Å². The Morgan fingerprint density at radius 2 is 1.97 bits per heavy atom. The maximum Gasteiger partial charge on any atom is 0.328 e. The molecule has 2 aliphatic rings. The molecule has 34 heavy (non-hydrogen) atoms. The number of urea groups is 1. The van der Waals surface area contributed by atoms with Crippen molar-refractivity contribution >= 4 is 34.7 Å². The number of amides is 4. The highest BCUT2D eigenvalue weighted by molar-refractivity contribution is 6.11. The van der Waals surface area contributed by atoms with Crippen LogP contribution in [0.5, 0.6) is 5.75 Å². The molecule has 4 amide bonds. The lowest BCUT2D eigenvalue weighted by molar-refractivity contribution is -0.144. The number of aromatic amines is 1. The third-order valence-electron chi connectivity index (χ3n) is 6.89. The molecule has 3 heterocycles. The Kier molecular flexibility index (Phi) is 5.79. The Morgan fingerprint density at radius 3 is 2.59 bits per heavy atom. The van der Waals surface area contributed by atoms with Gasteiger partial charge in [-0.05, 0) is 56.4 Å². The minimum absolute atomic E-state index is 0.0405. The average Bonchev–Trinajstić information content (AvgIpc) is 3.25. The van der Waals surface area contributed by atoms with Gasteiger partial charge in [-0.3, -0.25) is 9.59 Å². The molecule has 0 radical (unpaired) electrons. The van der Waals surface area contributed by atoms with Gasteiger partial charge in [0.05, 0.1) is 12.8 Å². The van der Waals surface area contributed by atoms with Crippen LogP contribution in [0.1, 0.15) is 45.4 Å². The fraction of sp³-hybridized carbons (Fsp3) is 0.500. The summed E-state index contributed by atoms with van der Waals surface area (Å²) in [6.45, 7) is 7.14. The summed E-state index contributed by atoms with van der Waals surface area (Å²) in [6, 6.07) is 2.77. The number of aromatic nitrogens is 1. The van der Waals surface area contributed by atoms with Crippen molar-refractivity contribution in [2.75, 3.05) is 13.7 Å².